The van der Waals surface area contributed by atoms with Crippen molar-refractivity contribution in [3.63, 3.8) is 0 Å². The van der Waals surface area contributed by atoms with Gasteiger partial charge in [-0.25, -0.2) is 0 Å². The molecule has 1 unspecified atom stereocenters. The highest BCUT2D eigenvalue weighted by Crippen LogP contribution is 2.22. The summed E-state index contributed by atoms with van der Waals surface area (Å²) in [5.74, 6) is 0. The Morgan fingerprint density at radius 1 is 1.25 bits per heavy atom. The van der Waals surface area contributed by atoms with Crippen LogP contribution in [0, 0.1) is 0 Å². The fraction of sp³-hybridized carbons (Fsp3) is 0.538. The van der Waals surface area contributed by atoms with E-state index in [0.29, 0.717) is 12.6 Å². The van der Waals surface area contributed by atoms with Gasteiger partial charge in [-0.1, -0.05) is 34.1 Å². The summed E-state index contributed by atoms with van der Waals surface area (Å²) in [4.78, 5) is 0. The van der Waals surface area contributed by atoms with Crippen LogP contribution >= 0.6 is 15.9 Å². The van der Waals surface area contributed by atoms with Crippen LogP contribution < -0.4 is 5.32 Å². The lowest BCUT2D eigenvalue weighted by atomic mass is 10.1. The van der Waals surface area contributed by atoms with Crippen molar-refractivity contribution in [1.29, 1.82) is 0 Å². The number of aliphatic hydroxyl groups is 1. The summed E-state index contributed by atoms with van der Waals surface area (Å²) in [5.41, 5.74) is 1.30. The van der Waals surface area contributed by atoms with Gasteiger partial charge in [0.25, 0.3) is 0 Å². The number of rotatable bonds is 7. The summed E-state index contributed by atoms with van der Waals surface area (Å²) < 4.78 is 1.16. The zero-order chi connectivity index (χ0) is 11.8. The Bertz CT molecular complexity index is 304. The van der Waals surface area contributed by atoms with E-state index in [9.17, 15) is 0 Å². The van der Waals surface area contributed by atoms with Crippen molar-refractivity contribution in [2.75, 3.05) is 13.2 Å². The highest BCUT2D eigenvalue weighted by molar-refractivity contribution is 9.10. The zero-order valence-corrected chi connectivity index (χ0v) is 11.3. The molecule has 0 fully saturated rings. The number of aliphatic hydroxyl groups excluding tert-OH is 1. The molecule has 1 atom stereocenters. The minimum Gasteiger partial charge on any atom is -0.396 e. The summed E-state index contributed by atoms with van der Waals surface area (Å²) in [5, 5.41) is 12.1. The van der Waals surface area contributed by atoms with E-state index in [1.54, 1.807) is 0 Å². The number of halogens is 1. The Labute approximate surface area is 106 Å². The molecule has 16 heavy (non-hydrogen) atoms. The third kappa shape index (κ3) is 4.64. The lowest BCUT2D eigenvalue weighted by Crippen LogP contribution is -2.20. The van der Waals surface area contributed by atoms with Crippen molar-refractivity contribution in [3.8, 4) is 0 Å². The largest absolute Gasteiger partial charge is 0.396 e. The molecule has 2 nitrogen and oxygen atoms in total. The van der Waals surface area contributed by atoms with Crippen LogP contribution in [0.5, 0.6) is 0 Å². The molecule has 0 aliphatic rings. The molecule has 2 N–H and O–H groups in total. The molecule has 0 saturated heterocycles. The third-order valence-electron chi connectivity index (χ3n) is 2.66. The first-order chi connectivity index (χ1) is 7.75. The van der Waals surface area contributed by atoms with Gasteiger partial charge in [0.15, 0.2) is 0 Å². The molecular weight excluding hydrogens is 266 g/mol. The van der Waals surface area contributed by atoms with E-state index in [2.05, 4.69) is 46.4 Å². The summed E-state index contributed by atoms with van der Waals surface area (Å²) in [6.45, 7) is 3.48. The Balaban J connectivity index is 2.30. The van der Waals surface area contributed by atoms with Gasteiger partial charge < -0.3 is 10.4 Å². The molecule has 1 aromatic carbocycles. The zero-order valence-electron chi connectivity index (χ0n) is 9.75. The van der Waals surface area contributed by atoms with Gasteiger partial charge in [-0.05, 0) is 44.4 Å². The highest BCUT2D eigenvalue weighted by Gasteiger charge is 2.06. The second kappa shape index (κ2) is 7.82. The molecule has 0 aliphatic carbocycles. The molecule has 1 aromatic rings. The van der Waals surface area contributed by atoms with Gasteiger partial charge in [0.2, 0.25) is 0 Å². The molecule has 0 aromatic heterocycles. The van der Waals surface area contributed by atoms with E-state index in [1.807, 2.05) is 6.07 Å². The first kappa shape index (κ1) is 13.7. The Morgan fingerprint density at radius 2 is 2.00 bits per heavy atom. The molecule has 90 valence electrons. The maximum Gasteiger partial charge on any atom is 0.0431 e. The minimum absolute atomic E-state index is 0.305. The molecule has 0 radical (unpaired) electrons. The molecule has 0 heterocycles. The fourth-order valence-electron chi connectivity index (χ4n) is 1.67. The van der Waals surface area contributed by atoms with Gasteiger partial charge in [0, 0.05) is 17.1 Å². The van der Waals surface area contributed by atoms with Crippen LogP contribution in [-0.4, -0.2) is 18.3 Å². The summed E-state index contributed by atoms with van der Waals surface area (Å²) >= 11 is 3.56. The van der Waals surface area contributed by atoms with E-state index in [-0.39, 0.29) is 0 Å². The average molecular weight is 286 g/mol. The lowest BCUT2D eigenvalue weighted by Gasteiger charge is -2.15. The van der Waals surface area contributed by atoms with E-state index in [0.717, 1.165) is 30.3 Å². The smallest absolute Gasteiger partial charge is 0.0431 e. The summed E-state index contributed by atoms with van der Waals surface area (Å²) in [7, 11) is 0. The Kier molecular flexibility index (Phi) is 6.69. The van der Waals surface area contributed by atoms with Crippen molar-refractivity contribution in [3.05, 3.63) is 34.3 Å². The van der Waals surface area contributed by atoms with Crippen LogP contribution in [0.15, 0.2) is 28.7 Å². The van der Waals surface area contributed by atoms with Crippen molar-refractivity contribution in [2.45, 2.75) is 32.2 Å². The Hall–Kier alpha value is -0.380. The van der Waals surface area contributed by atoms with Crippen LogP contribution in [0.1, 0.15) is 37.8 Å². The van der Waals surface area contributed by atoms with Crippen LogP contribution in [0.2, 0.25) is 0 Å². The minimum atomic E-state index is 0.305. The van der Waals surface area contributed by atoms with Gasteiger partial charge in [-0.15, -0.1) is 0 Å². The number of benzene rings is 1. The monoisotopic (exact) mass is 285 g/mol. The van der Waals surface area contributed by atoms with Crippen molar-refractivity contribution < 1.29 is 5.11 Å². The van der Waals surface area contributed by atoms with Crippen LogP contribution in [0.4, 0.5) is 0 Å². The summed E-state index contributed by atoms with van der Waals surface area (Å²) in [6.07, 6.45) is 3.12. The summed E-state index contributed by atoms with van der Waals surface area (Å²) in [6, 6.07) is 8.66. The average Bonchev–Trinajstić information content (AvgIpc) is 2.29. The fourth-order valence-corrected chi connectivity index (χ4v) is 2.30. The Morgan fingerprint density at radius 3 is 2.69 bits per heavy atom. The molecular formula is C13H20BrNO. The van der Waals surface area contributed by atoms with E-state index in [1.165, 1.54) is 5.56 Å². The number of unbranched alkanes of at least 4 members (excludes halogenated alkanes) is 2. The topological polar surface area (TPSA) is 32.3 Å². The van der Waals surface area contributed by atoms with Crippen LogP contribution in [0.25, 0.3) is 0 Å². The predicted octanol–water partition coefficient (Wildman–Crippen LogP) is 3.26. The van der Waals surface area contributed by atoms with Gasteiger partial charge >= 0.3 is 0 Å². The van der Waals surface area contributed by atoms with Crippen molar-refractivity contribution in [2.24, 2.45) is 0 Å². The predicted molar refractivity (Wildman–Crippen MR) is 71.5 cm³/mol. The van der Waals surface area contributed by atoms with Gasteiger partial charge in [0.1, 0.15) is 0 Å². The molecule has 3 heteroatoms. The molecule has 0 aliphatic heterocycles. The highest BCUT2D eigenvalue weighted by atomic mass is 79.9. The molecule has 0 saturated carbocycles. The maximum atomic E-state index is 8.66. The van der Waals surface area contributed by atoms with Gasteiger partial charge in [0.05, 0.1) is 0 Å². The number of hydrogen-bond donors (Lipinski definition) is 2. The lowest BCUT2D eigenvalue weighted by molar-refractivity contribution is 0.282. The molecule has 1 rings (SSSR count). The van der Waals surface area contributed by atoms with Crippen LogP contribution in [0.3, 0.4) is 0 Å². The maximum absolute atomic E-state index is 8.66. The number of nitrogens with one attached hydrogen (secondary N) is 1. The van der Waals surface area contributed by atoms with Crippen LogP contribution in [-0.2, 0) is 0 Å². The first-order valence-electron chi connectivity index (χ1n) is 5.84. The van der Waals surface area contributed by atoms with Gasteiger partial charge in [-0.3, -0.25) is 0 Å². The van der Waals surface area contributed by atoms with Gasteiger partial charge in [-0.2, -0.15) is 0 Å². The van der Waals surface area contributed by atoms with E-state index in [4.69, 9.17) is 5.11 Å². The SMILES string of the molecule is CC(NCCCCCO)c1ccccc1Br. The quantitative estimate of drug-likeness (QED) is 0.754. The number of hydrogen-bond acceptors (Lipinski definition) is 2. The first-order valence-corrected chi connectivity index (χ1v) is 6.63. The van der Waals surface area contributed by atoms with E-state index < -0.39 is 0 Å². The van der Waals surface area contributed by atoms with Crippen molar-refractivity contribution >= 4 is 15.9 Å². The molecule has 0 spiro atoms. The second-order valence-electron chi connectivity index (χ2n) is 3.98. The molecule has 0 amide bonds. The second-order valence-corrected chi connectivity index (χ2v) is 4.84. The van der Waals surface area contributed by atoms with E-state index >= 15 is 0 Å². The third-order valence-corrected chi connectivity index (χ3v) is 3.38. The standard InChI is InChI=1S/C13H20BrNO/c1-11(15-9-5-2-6-10-16)12-7-3-4-8-13(12)14/h3-4,7-8,11,15-16H,2,5-6,9-10H2,1H3. The normalized spacial score (nSPS) is 12.7. The van der Waals surface area contributed by atoms with Crippen molar-refractivity contribution in [1.82, 2.24) is 5.32 Å². The molecule has 0 bridgehead atoms.